The Kier molecular flexibility index (Phi) is 4.07. The molecule has 0 atom stereocenters. The second kappa shape index (κ2) is 5.95. The van der Waals surface area contributed by atoms with Crippen LogP contribution in [0.25, 0.3) is 11.4 Å². The Hall–Kier alpha value is -2.43. The van der Waals surface area contributed by atoms with Crippen LogP contribution >= 0.6 is 0 Å². The smallest absolute Gasteiger partial charge is 0.264 e. The molecule has 0 saturated carbocycles. The molecule has 1 amide bonds. The molecule has 19 heavy (non-hydrogen) atoms. The fourth-order valence-corrected chi connectivity index (χ4v) is 1.63. The maximum absolute atomic E-state index is 11.9. The van der Waals surface area contributed by atoms with Crippen molar-refractivity contribution in [3.05, 3.63) is 52.4 Å². The first kappa shape index (κ1) is 13.0. The van der Waals surface area contributed by atoms with Crippen LogP contribution in [0.4, 0.5) is 0 Å². The highest BCUT2D eigenvalue weighted by Crippen LogP contribution is 2.11. The summed E-state index contributed by atoms with van der Waals surface area (Å²) in [7, 11) is 0. The molecule has 0 aliphatic carbocycles. The van der Waals surface area contributed by atoms with E-state index >= 15 is 0 Å². The molecule has 2 aromatic rings. The number of hydrogen-bond acceptors (Lipinski definition) is 3. The van der Waals surface area contributed by atoms with Crippen molar-refractivity contribution >= 4 is 5.91 Å². The van der Waals surface area contributed by atoms with E-state index in [1.807, 2.05) is 37.3 Å². The largest absolute Gasteiger partial charge is 0.352 e. The molecule has 98 valence electrons. The highest BCUT2D eigenvalue weighted by molar-refractivity contribution is 5.93. The summed E-state index contributed by atoms with van der Waals surface area (Å²) in [5.74, 6) is 0.0628. The number of nitrogens with zero attached hydrogens (tertiary/aromatic N) is 1. The summed E-state index contributed by atoms with van der Waals surface area (Å²) in [6.07, 6.45) is 2.13. The topological polar surface area (TPSA) is 74.8 Å². The van der Waals surface area contributed by atoms with Gasteiger partial charge in [0.1, 0.15) is 11.4 Å². The van der Waals surface area contributed by atoms with Crippen LogP contribution in [0.1, 0.15) is 23.7 Å². The van der Waals surface area contributed by atoms with Crippen molar-refractivity contribution in [3.8, 4) is 11.4 Å². The lowest BCUT2D eigenvalue weighted by Gasteiger charge is -2.04. The lowest BCUT2D eigenvalue weighted by Crippen LogP contribution is -2.30. The molecule has 1 heterocycles. The van der Waals surface area contributed by atoms with Crippen LogP contribution in [0, 0.1) is 0 Å². The lowest BCUT2D eigenvalue weighted by atomic mass is 10.2. The Morgan fingerprint density at radius 3 is 2.68 bits per heavy atom. The van der Waals surface area contributed by atoms with Gasteiger partial charge in [0, 0.05) is 18.3 Å². The van der Waals surface area contributed by atoms with E-state index in [-0.39, 0.29) is 5.56 Å². The van der Waals surface area contributed by atoms with Gasteiger partial charge in [-0.2, -0.15) is 0 Å². The summed E-state index contributed by atoms with van der Waals surface area (Å²) in [5.41, 5.74) is 0.413. The summed E-state index contributed by atoms with van der Waals surface area (Å²) < 4.78 is 0. The molecule has 5 nitrogen and oxygen atoms in total. The summed E-state index contributed by atoms with van der Waals surface area (Å²) in [6, 6.07) is 9.28. The van der Waals surface area contributed by atoms with Gasteiger partial charge >= 0.3 is 0 Å². The fourth-order valence-electron chi connectivity index (χ4n) is 1.63. The minimum atomic E-state index is -0.428. The average Bonchev–Trinajstić information content (AvgIpc) is 2.45. The van der Waals surface area contributed by atoms with Crippen molar-refractivity contribution in [2.24, 2.45) is 0 Å². The SMILES string of the molecule is CCCNC(=O)c1cnc(-c2ccccc2)[nH]c1=O. The van der Waals surface area contributed by atoms with Gasteiger partial charge < -0.3 is 10.3 Å². The number of amides is 1. The lowest BCUT2D eigenvalue weighted by molar-refractivity contribution is 0.0952. The number of aromatic amines is 1. The highest BCUT2D eigenvalue weighted by atomic mass is 16.2. The maximum atomic E-state index is 11.9. The van der Waals surface area contributed by atoms with Gasteiger partial charge in [-0.3, -0.25) is 9.59 Å². The zero-order chi connectivity index (χ0) is 13.7. The highest BCUT2D eigenvalue weighted by Gasteiger charge is 2.11. The van der Waals surface area contributed by atoms with E-state index in [1.165, 1.54) is 6.20 Å². The minimum absolute atomic E-state index is 0.0353. The quantitative estimate of drug-likeness (QED) is 0.873. The summed E-state index contributed by atoms with van der Waals surface area (Å²) >= 11 is 0. The van der Waals surface area contributed by atoms with Gasteiger partial charge in [0.15, 0.2) is 0 Å². The molecule has 0 bridgehead atoms. The predicted octanol–water partition coefficient (Wildman–Crippen LogP) is 1.58. The monoisotopic (exact) mass is 257 g/mol. The van der Waals surface area contributed by atoms with Crippen LogP contribution in [-0.2, 0) is 0 Å². The molecule has 0 aliphatic rings. The van der Waals surface area contributed by atoms with E-state index in [9.17, 15) is 9.59 Å². The van der Waals surface area contributed by atoms with Crippen molar-refractivity contribution in [2.45, 2.75) is 13.3 Å². The van der Waals surface area contributed by atoms with E-state index in [2.05, 4.69) is 15.3 Å². The third-order valence-electron chi connectivity index (χ3n) is 2.63. The van der Waals surface area contributed by atoms with Gasteiger partial charge in [0.25, 0.3) is 11.5 Å². The molecule has 0 fully saturated rings. The maximum Gasteiger partial charge on any atom is 0.264 e. The summed E-state index contributed by atoms with van der Waals surface area (Å²) in [4.78, 5) is 30.3. The number of rotatable bonds is 4. The number of H-pyrrole nitrogens is 1. The van der Waals surface area contributed by atoms with Crippen molar-refractivity contribution in [2.75, 3.05) is 6.54 Å². The van der Waals surface area contributed by atoms with Crippen LogP contribution < -0.4 is 10.9 Å². The van der Waals surface area contributed by atoms with Crippen LogP contribution in [0.3, 0.4) is 0 Å². The molecule has 1 aromatic heterocycles. The molecule has 0 spiro atoms. The molecule has 2 N–H and O–H groups in total. The van der Waals surface area contributed by atoms with E-state index in [0.717, 1.165) is 12.0 Å². The van der Waals surface area contributed by atoms with Crippen molar-refractivity contribution < 1.29 is 4.79 Å². The molecule has 0 aliphatic heterocycles. The molecule has 5 heteroatoms. The molecular weight excluding hydrogens is 242 g/mol. The van der Waals surface area contributed by atoms with Gasteiger partial charge in [-0.25, -0.2) is 4.98 Å². The Labute approximate surface area is 110 Å². The predicted molar refractivity (Wildman–Crippen MR) is 72.9 cm³/mol. The molecular formula is C14H15N3O2. The van der Waals surface area contributed by atoms with Crippen LogP contribution in [0.5, 0.6) is 0 Å². The standard InChI is InChI=1S/C14H15N3O2/c1-2-8-15-13(18)11-9-16-12(17-14(11)19)10-6-4-3-5-7-10/h3-7,9H,2,8H2,1H3,(H,15,18)(H,16,17,19). The van der Waals surface area contributed by atoms with Crippen LogP contribution in [-0.4, -0.2) is 22.4 Å². The molecule has 0 unspecified atom stereocenters. The second-order valence-electron chi connectivity index (χ2n) is 4.10. The Balaban J connectivity index is 2.28. The van der Waals surface area contributed by atoms with Gasteiger partial charge in [0.2, 0.25) is 0 Å². The zero-order valence-electron chi connectivity index (χ0n) is 10.6. The molecule has 0 radical (unpaired) electrons. The molecule has 1 aromatic carbocycles. The van der Waals surface area contributed by atoms with E-state index in [0.29, 0.717) is 12.4 Å². The van der Waals surface area contributed by atoms with Gasteiger partial charge in [-0.05, 0) is 6.42 Å². The zero-order valence-corrected chi connectivity index (χ0v) is 10.6. The van der Waals surface area contributed by atoms with Crippen molar-refractivity contribution in [1.29, 1.82) is 0 Å². The normalized spacial score (nSPS) is 10.2. The average molecular weight is 257 g/mol. The van der Waals surface area contributed by atoms with Crippen molar-refractivity contribution in [3.63, 3.8) is 0 Å². The third kappa shape index (κ3) is 3.07. The second-order valence-corrected chi connectivity index (χ2v) is 4.10. The first-order valence-corrected chi connectivity index (χ1v) is 6.15. The first-order valence-electron chi connectivity index (χ1n) is 6.15. The van der Waals surface area contributed by atoms with Gasteiger partial charge in [-0.15, -0.1) is 0 Å². The Morgan fingerprint density at radius 2 is 2.05 bits per heavy atom. The van der Waals surface area contributed by atoms with Crippen LogP contribution in [0.2, 0.25) is 0 Å². The van der Waals surface area contributed by atoms with Crippen molar-refractivity contribution in [1.82, 2.24) is 15.3 Å². The van der Waals surface area contributed by atoms with E-state index < -0.39 is 11.5 Å². The molecule has 2 rings (SSSR count). The van der Waals surface area contributed by atoms with Gasteiger partial charge in [0.05, 0.1) is 0 Å². The summed E-state index contributed by atoms with van der Waals surface area (Å²) in [5, 5.41) is 2.65. The molecule has 0 saturated heterocycles. The Bertz CT molecular complexity index is 620. The number of nitrogens with one attached hydrogen (secondary N) is 2. The summed E-state index contributed by atoms with van der Waals surface area (Å²) in [6.45, 7) is 2.49. The minimum Gasteiger partial charge on any atom is -0.352 e. The number of carbonyl (C=O) groups excluding carboxylic acids is 1. The number of benzene rings is 1. The Morgan fingerprint density at radius 1 is 1.32 bits per heavy atom. The van der Waals surface area contributed by atoms with E-state index in [4.69, 9.17) is 0 Å². The number of carbonyl (C=O) groups is 1. The fraction of sp³-hybridized carbons (Fsp3) is 0.214. The number of hydrogen-bond donors (Lipinski definition) is 2. The van der Waals surface area contributed by atoms with Crippen LogP contribution in [0.15, 0.2) is 41.3 Å². The third-order valence-corrected chi connectivity index (χ3v) is 2.63. The van der Waals surface area contributed by atoms with Gasteiger partial charge in [-0.1, -0.05) is 37.3 Å². The van der Waals surface area contributed by atoms with E-state index in [1.54, 1.807) is 0 Å². The first-order chi connectivity index (χ1) is 9.22. The number of aromatic nitrogens is 2.